The Balaban J connectivity index is 1.57. The van der Waals surface area contributed by atoms with Crippen LogP contribution in [0.1, 0.15) is 43.7 Å². The van der Waals surface area contributed by atoms with Gasteiger partial charge in [-0.3, -0.25) is 4.98 Å². The fourth-order valence-electron chi connectivity index (χ4n) is 4.96. The van der Waals surface area contributed by atoms with Crippen LogP contribution < -0.4 is 0 Å². The molecule has 0 atom stereocenters. The summed E-state index contributed by atoms with van der Waals surface area (Å²) >= 11 is 0. The number of aryl methyl sites for hydroxylation is 1. The van der Waals surface area contributed by atoms with E-state index in [1.165, 1.54) is 37.3 Å². The number of fused-ring (bicyclic) bond motifs is 3. The van der Waals surface area contributed by atoms with E-state index in [4.69, 9.17) is 0 Å². The molecular weight excluding hydrogens is 455 g/mol. The number of halogens is 3. The van der Waals surface area contributed by atoms with Gasteiger partial charge in [0.1, 0.15) is 0 Å². The van der Waals surface area contributed by atoms with E-state index in [1.54, 1.807) is 24.4 Å². The Morgan fingerprint density at radius 3 is 2.25 bits per heavy atom. The fourth-order valence-corrected chi connectivity index (χ4v) is 4.96. The molecule has 5 rings (SSSR count). The number of pyridine rings is 1. The summed E-state index contributed by atoms with van der Waals surface area (Å²) in [7, 11) is 0. The van der Waals surface area contributed by atoms with Crippen molar-refractivity contribution in [3.05, 3.63) is 102 Å². The standard InChI is InChI=1S/C32H28F3N/c1-2-3-4-5-9-22-14-16-23(17-15-22)24-11-8-12-26(20-24)31-30-28(18-19-36-31)27-13-7-6-10-25(27)21-29(30)32(33,34)35/h6-8,10-21H,2-5,9H2,1H3. The molecule has 0 bridgehead atoms. The van der Waals surface area contributed by atoms with E-state index in [2.05, 4.69) is 36.2 Å². The predicted octanol–water partition coefficient (Wildman–Crippen LogP) is 9.86. The van der Waals surface area contributed by atoms with E-state index >= 15 is 0 Å². The van der Waals surface area contributed by atoms with E-state index in [1.807, 2.05) is 36.4 Å². The van der Waals surface area contributed by atoms with E-state index in [0.29, 0.717) is 22.0 Å². The molecule has 0 saturated carbocycles. The molecule has 1 aromatic heterocycles. The summed E-state index contributed by atoms with van der Waals surface area (Å²) < 4.78 is 42.7. The lowest BCUT2D eigenvalue weighted by atomic mass is 9.93. The monoisotopic (exact) mass is 483 g/mol. The smallest absolute Gasteiger partial charge is 0.256 e. The zero-order valence-corrected chi connectivity index (χ0v) is 20.3. The minimum atomic E-state index is -4.50. The lowest BCUT2D eigenvalue weighted by molar-refractivity contribution is -0.136. The molecule has 0 aliphatic heterocycles. The molecule has 0 saturated heterocycles. The van der Waals surface area contributed by atoms with Gasteiger partial charge in [-0.1, -0.05) is 92.9 Å². The van der Waals surface area contributed by atoms with Crippen molar-refractivity contribution in [2.75, 3.05) is 0 Å². The Hall–Kier alpha value is -3.66. The maximum Gasteiger partial charge on any atom is 0.417 e. The van der Waals surface area contributed by atoms with E-state index in [-0.39, 0.29) is 5.39 Å². The highest BCUT2D eigenvalue weighted by atomic mass is 19.4. The zero-order valence-electron chi connectivity index (χ0n) is 20.3. The van der Waals surface area contributed by atoms with Crippen LogP contribution in [0.3, 0.4) is 0 Å². The Labute approximate surface area is 209 Å². The van der Waals surface area contributed by atoms with Crippen LogP contribution >= 0.6 is 0 Å². The Bertz CT molecular complexity index is 1500. The molecule has 0 N–H and O–H groups in total. The summed E-state index contributed by atoms with van der Waals surface area (Å²) in [5.41, 5.74) is 3.66. The second-order valence-corrected chi connectivity index (χ2v) is 9.31. The molecule has 1 heterocycles. The van der Waals surface area contributed by atoms with Crippen molar-refractivity contribution < 1.29 is 13.2 Å². The molecule has 0 unspecified atom stereocenters. The number of alkyl halides is 3. The molecule has 0 aliphatic carbocycles. The van der Waals surface area contributed by atoms with Crippen LogP contribution in [0.5, 0.6) is 0 Å². The highest BCUT2D eigenvalue weighted by Gasteiger charge is 2.34. The lowest BCUT2D eigenvalue weighted by Crippen LogP contribution is -2.07. The molecule has 0 spiro atoms. The third kappa shape index (κ3) is 4.86. The number of hydrogen-bond donors (Lipinski definition) is 0. The molecule has 4 heteroatoms. The molecule has 0 radical (unpaired) electrons. The lowest BCUT2D eigenvalue weighted by Gasteiger charge is -2.16. The van der Waals surface area contributed by atoms with Gasteiger partial charge in [-0.15, -0.1) is 0 Å². The summed E-state index contributed by atoms with van der Waals surface area (Å²) in [6.45, 7) is 2.21. The van der Waals surface area contributed by atoms with E-state index < -0.39 is 11.7 Å². The number of nitrogens with zero attached hydrogens (tertiary/aromatic N) is 1. The maximum absolute atomic E-state index is 14.2. The summed E-state index contributed by atoms with van der Waals surface area (Å²) in [5.74, 6) is 0. The highest BCUT2D eigenvalue weighted by molar-refractivity contribution is 6.13. The summed E-state index contributed by atoms with van der Waals surface area (Å²) in [6.07, 6.45) is 3.09. The maximum atomic E-state index is 14.2. The van der Waals surface area contributed by atoms with Crippen LogP contribution in [0.15, 0.2) is 91.1 Å². The van der Waals surface area contributed by atoms with Gasteiger partial charge in [0.25, 0.3) is 0 Å². The van der Waals surface area contributed by atoms with Gasteiger partial charge in [-0.05, 0) is 63.9 Å². The van der Waals surface area contributed by atoms with Crippen LogP contribution in [-0.4, -0.2) is 4.98 Å². The molecule has 36 heavy (non-hydrogen) atoms. The molecule has 1 nitrogen and oxygen atoms in total. The summed E-state index contributed by atoms with van der Waals surface area (Å²) in [5, 5.41) is 2.05. The van der Waals surface area contributed by atoms with E-state index in [0.717, 1.165) is 22.9 Å². The third-order valence-corrected chi connectivity index (χ3v) is 6.82. The molecule has 182 valence electrons. The molecule has 0 amide bonds. The van der Waals surface area contributed by atoms with E-state index in [9.17, 15) is 13.2 Å². The topological polar surface area (TPSA) is 12.9 Å². The van der Waals surface area contributed by atoms with Crippen molar-refractivity contribution >= 4 is 21.5 Å². The van der Waals surface area contributed by atoms with Crippen LogP contribution in [0.4, 0.5) is 13.2 Å². The first kappa shape index (κ1) is 24.1. The van der Waals surface area contributed by atoms with Crippen molar-refractivity contribution in [1.29, 1.82) is 0 Å². The number of benzene rings is 4. The summed E-state index contributed by atoms with van der Waals surface area (Å²) in [4.78, 5) is 4.46. The van der Waals surface area contributed by atoms with Gasteiger partial charge in [0.2, 0.25) is 0 Å². The number of hydrogen-bond acceptors (Lipinski definition) is 1. The van der Waals surface area contributed by atoms with Gasteiger partial charge in [-0.2, -0.15) is 13.2 Å². The average molecular weight is 484 g/mol. The van der Waals surface area contributed by atoms with Crippen LogP contribution in [0.25, 0.3) is 43.9 Å². The first-order valence-corrected chi connectivity index (χ1v) is 12.5. The number of unbranched alkanes of at least 4 members (excludes halogenated alkanes) is 3. The van der Waals surface area contributed by atoms with Gasteiger partial charge >= 0.3 is 6.18 Å². The number of aromatic nitrogens is 1. The molecule has 0 fully saturated rings. The molecule has 4 aromatic carbocycles. The van der Waals surface area contributed by atoms with Gasteiger partial charge < -0.3 is 0 Å². The van der Waals surface area contributed by atoms with Gasteiger partial charge in [-0.25, -0.2) is 0 Å². The average Bonchev–Trinajstić information content (AvgIpc) is 2.90. The van der Waals surface area contributed by atoms with Crippen LogP contribution in [0, 0.1) is 0 Å². The number of rotatable bonds is 7. The highest BCUT2D eigenvalue weighted by Crippen LogP contribution is 2.42. The van der Waals surface area contributed by atoms with Gasteiger partial charge in [0, 0.05) is 17.1 Å². The largest absolute Gasteiger partial charge is 0.417 e. The van der Waals surface area contributed by atoms with Crippen molar-refractivity contribution in [1.82, 2.24) is 4.98 Å². The minimum Gasteiger partial charge on any atom is -0.256 e. The SMILES string of the molecule is CCCCCCc1ccc(-c2cccc(-c3nccc4c3c(C(F)(F)F)cc3ccccc34)c2)cc1. The molecule has 5 aromatic rings. The minimum absolute atomic E-state index is 0.142. The van der Waals surface area contributed by atoms with Crippen molar-refractivity contribution in [2.45, 2.75) is 45.2 Å². The van der Waals surface area contributed by atoms with Crippen molar-refractivity contribution in [2.24, 2.45) is 0 Å². The first-order valence-electron chi connectivity index (χ1n) is 12.5. The van der Waals surface area contributed by atoms with Crippen LogP contribution in [0.2, 0.25) is 0 Å². The second-order valence-electron chi connectivity index (χ2n) is 9.31. The summed E-state index contributed by atoms with van der Waals surface area (Å²) in [6, 6.07) is 26.3. The Morgan fingerprint density at radius 2 is 1.47 bits per heavy atom. The third-order valence-electron chi connectivity index (χ3n) is 6.82. The van der Waals surface area contributed by atoms with Gasteiger partial charge in [0.15, 0.2) is 0 Å². The quantitative estimate of drug-likeness (QED) is 0.166. The first-order chi connectivity index (χ1) is 17.5. The Kier molecular flexibility index (Phi) is 6.77. The van der Waals surface area contributed by atoms with Gasteiger partial charge in [0.05, 0.1) is 11.3 Å². The van der Waals surface area contributed by atoms with Crippen LogP contribution in [-0.2, 0) is 12.6 Å². The molecular formula is C32H28F3N. The molecule has 0 aliphatic rings. The fraction of sp³-hybridized carbons (Fsp3) is 0.219. The second kappa shape index (κ2) is 10.1. The predicted molar refractivity (Wildman–Crippen MR) is 143 cm³/mol. The zero-order chi connectivity index (χ0) is 25.1. The Morgan fingerprint density at radius 1 is 0.694 bits per heavy atom. The van der Waals surface area contributed by atoms with Crippen molar-refractivity contribution in [3.63, 3.8) is 0 Å². The van der Waals surface area contributed by atoms with Crippen molar-refractivity contribution in [3.8, 4) is 22.4 Å². The normalized spacial score (nSPS) is 11.9.